The maximum absolute atomic E-state index is 11.8. The van der Waals surface area contributed by atoms with Crippen molar-refractivity contribution in [3.8, 4) is 0 Å². The number of carbonyl (C=O) groups excluding carboxylic acids is 2. The zero-order chi connectivity index (χ0) is 13.6. The molecule has 2 fully saturated rings. The van der Waals surface area contributed by atoms with E-state index in [1.807, 2.05) is 32.0 Å². The van der Waals surface area contributed by atoms with Crippen LogP contribution in [-0.4, -0.2) is 28.9 Å². The number of cyclic esters (lactones) is 2. The predicted octanol–water partition coefficient (Wildman–Crippen LogP) is 1.60. The highest BCUT2D eigenvalue weighted by atomic mass is 16.6. The van der Waals surface area contributed by atoms with Crippen molar-refractivity contribution < 1.29 is 14.3 Å². The van der Waals surface area contributed by atoms with E-state index in [1.165, 1.54) is 5.56 Å². The molecular weight excluding hydrogens is 242 g/mol. The van der Waals surface area contributed by atoms with Gasteiger partial charge in [0.1, 0.15) is 0 Å². The molecule has 0 saturated carbocycles. The van der Waals surface area contributed by atoms with Gasteiger partial charge in [0.2, 0.25) is 0 Å². The number of fused-ring (bicyclic) bond motifs is 1. The first kappa shape index (κ1) is 12.4. The summed E-state index contributed by atoms with van der Waals surface area (Å²) in [5.41, 5.74) is 0.848. The highest BCUT2D eigenvalue weighted by Gasteiger charge is 2.59. The molecule has 19 heavy (non-hydrogen) atoms. The molecule has 0 N–H and O–H groups in total. The molecule has 2 heterocycles. The van der Waals surface area contributed by atoms with Crippen LogP contribution in [0.25, 0.3) is 0 Å². The summed E-state index contributed by atoms with van der Waals surface area (Å²) in [4.78, 5) is 25.7. The maximum Gasteiger partial charge on any atom is 0.319 e. The number of esters is 2. The third kappa shape index (κ3) is 1.87. The van der Waals surface area contributed by atoms with Gasteiger partial charge < -0.3 is 4.74 Å². The minimum atomic E-state index is -0.365. The van der Waals surface area contributed by atoms with Crippen LogP contribution in [0, 0.1) is 11.8 Å². The van der Waals surface area contributed by atoms with E-state index in [9.17, 15) is 9.59 Å². The lowest BCUT2D eigenvalue weighted by molar-refractivity contribution is -0.155. The van der Waals surface area contributed by atoms with Gasteiger partial charge >= 0.3 is 11.9 Å². The number of likely N-dealkylation sites (tertiary alicyclic amines) is 1. The second-order valence-corrected chi connectivity index (χ2v) is 5.84. The molecule has 2 saturated heterocycles. The Hall–Kier alpha value is -1.68. The van der Waals surface area contributed by atoms with Crippen LogP contribution < -0.4 is 0 Å². The molecule has 2 unspecified atom stereocenters. The molecule has 0 aromatic heterocycles. The summed E-state index contributed by atoms with van der Waals surface area (Å²) >= 11 is 0. The van der Waals surface area contributed by atoms with E-state index >= 15 is 0 Å². The van der Waals surface area contributed by atoms with Crippen molar-refractivity contribution in [2.45, 2.75) is 25.9 Å². The number of hydrogen-bond donors (Lipinski definition) is 0. The fourth-order valence-electron chi connectivity index (χ4n) is 3.24. The molecule has 100 valence electrons. The lowest BCUT2D eigenvalue weighted by Gasteiger charge is -2.34. The molecule has 1 aromatic carbocycles. The summed E-state index contributed by atoms with van der Waals surface area (Å²) in [5.74, 6) is -1.36. The first-order valence-electron chi connectivity index (χ1n) is 6.54. The molecule has 2 aliphatic rings. The third-order valence-electron chi connectivity index (χ3n) is 4.37. The van der Waals surface area contributed by atoms with E-state index in [2.05, 4.69) is 17.0 Å². The average Bonchev–Trinajstić information content (AvgIpc) is 2.78. The molecule has 0 spiro atoms. The van der Waals surface area contributed by atoms with E-state index in [4.69, 9.17) is 4.74 Å². The predicted molar refractivity (Wildman–Crippen MR) is 69.0 cm³/mol. The Morgan fingerprint density at radius 2 is 1.89 bits per heavy atom. The van der Waals surface area contributed by atoms with Crippen LogP contribution in [0.4, 0.5) is 0 Å². The van der Waals surface area contributed by atoms with Crippen LogP contribution in [0.1, 0.15) is 19.4 Å². The SMILES string of the molecule is CC1(C)C2C(=O)OC(=O)C2CN1Cc1ccccc1. The molecular formula is C15H17NO3. The maximum atomic E-state index is 11.8. The van der Waals surface area contributed by atoms with Gasteiger partial charge in [-0.2, -0.15) is 0 Å². The molecule has 1 aromatic rings. The van der Waals surface area contributed by atoms with Crippen molar-refractivity contribution in [2.24, 2.45) is 11.8 Å². The smallest absolute Gasteiger partial charge is 0.319 e. The van der Waals surface area contributed by atoms with Gasteiger partial charge in [0, 0.05) is 18.6 Å². The van der Waals surface area contributed by atoms with E-state index in [-0.39, 0.29) is 29.3 Å². The summed E-state index contributed by atoms with van der Waals surface area (Å²) in [5, 5.41) is 0. The summed E-state index contributed by atoms with van der Waals surface area (Å²) in [6.45, 7) is 5.37. The van der Waals surface area contributed by atoms with Gasteiger partial charge in [-0.15, -0.1) is 0 Å². The highest BCUT2D eigenvalue weighted by Crippen LogP contribution is 2.44. The van der Waals surface area contributed by atoms with Gasteiger partial charge in [-0.1, -0.05) is 30.3 Å². The number of rotatable bonds is 2. The number of benzene rings is 1. The van der Waals surface area contributed by atoms with Crippen molar-refractivity contribution in [1.29, 1.82) is 0 Å². The Balaban J connectivity index is 1.85. The minimum absolute atomic E-state index is 0.300. The van der Waals surface area contributed by atoms with Crippen LogP contribution in [0.15, 0.2) is 30.3 Å². The van der Waals surface area contributed by atoms with Gasteiger partial charge in [-0.3, -0.25) is 14.5 Å². The zero-order valence-corrected chi connectivity index (χ0v) is 11.1. The van der Waals surface area contributed by atoms with Crippen LogP contribution in [0.2, 0.25) is 0 Å². The van der Waals surface area contributed by atoms with Crippen molar-refractivity contribution in [3.05, 3.63) is 35.9 Å². The minimum Gasteiger partial charge on any atom is -0.393 e. The number of carbonyl (C=O) groups is 2. The van der Waals surface area contributed by atoms with Gasteiger partial charge in [-0.05, 0) is 19.4 Å². The summed E-state index contributed by atoms with van der Waals surface area (Å²) < 4.78 is 4.76. The first-order valence-corrected chi connectivity index (χ1v) is 6.54. The zero-order valence-electron chi connectivity index (χ0n) is 11.1. The lowest BCUT2D eigenvalue weighted by Crippen LogP contribution is -2.44. The van der Waals surface area contributed by atoms with Gasteiger partial charge in [0.25, 0.3) is 0 Å². The van der Waals surface area contributed by atoms with Crippen molar-refractivity contribution in [2.75, 3.05) is 6.54 Å². The van der Waals surface area contributed by atoms with E-state index in [1.54, 1.807) is 0 Å². The second kappa shape index (κ2) is 4.17. The van der Waals surface area contributed by atoms with Crippen LogP contribution in [0.3, 0.4) is 0 Å². The molecule has 4 nitrogen and oxygen atoms in total. The standard InChI is InChI=1S/C15H17NO3/c1-15(2)12-11(13(17)19-14(12)18)9-16(15)8-10-6-4-3-5-7-10/h3-7,11-12H,8-9H2,1-2H3. The normalized spacial score (nSPS) is 29.4. The molecule has 0 radical (unpaired) electrons. The Bertz CT molecular complexity index is 523. The molecule has 0 amide bonds. The highest BCUT2D eigenvalue weighted by molar-refractivity contribution is 5.98. The Kier molecular flexibility index (Phi) is 2.71. The number of hydrogen-bond acceptors (Lipinski definition) is 4. The quantitative estimate of drug-likeness (QED) is 0.598. The average molecular weight is 259 g/mol. The van der Waals surface area contributed by atoms with Crippen molar-refractivity contribution >= 4 is 11.9 Å². The van der Waals surface area contributed by atoms with Gasteiger partial charge in [-0.25, -0.2) is 0 Å². The molecule has 3 rings (SSSR count). The van der Waals surface area contributed by atoms with Crippen LogP contribution in [-0.2, 0) is 20.9 Å². The van der Waals surface area contributed by atoms with E-state index in [0.29, 0.717) is 6.54 Å². The number of ether oxygens (including phenoxy) is 1. The fraction of sp³-hybridized carbons (Fsp3) is 0.467. The molecule has 0 bridgehead atoms. The van der Waals surface area contributed by atoms with Gasteiger partial charge in [0.15, 0.2) is 0 Å². The van der Waals surface area contributed by atoms with E-state index in [0.717, 1.165) is 6.54 Å². The monoisotopic (exact) mass is 259 g/mol. The fourth-order valence-corrected chi connectivity index (χ4v) is 3.24. The Morgan fingerprint density at radius 1 is 1.21 bits per heavy atom. The number of nitrogens with zero attached hydrogens (tertiary/aromatic N) is 1. The first-order chi connectivity index (χ1) is 9.00. The Labute approximate surface area is 112 Å². The topological polar surface area (TPSA) is 46.6 Å². The third-order valence-corrected chi connectivity index (χ3v) is 4.37. The Morgan fingerprint density at radius 3 is 2.53 bits per heavy atom. The summed E-state index contributed by atoms with van der Waals surface area (Å²) in [7, 11) is 0. The molecule has 4 heteroatoms. The van der Waals surface area contributed by atoms with Crippen LogP contribution >= 0.6 is 0 Å². The van der Waals surface area contributed by atoms with E-state index < -0.39 is 0 Å². The van der Waals surface area contributed by atoms with Crippen molar-refractivity contribution in [1.82, 2.24) is 4.90 Å². The molecule has 2 atom stereocenters. The van der Waals surface area contributed by atoms with Gasteiger partial charge in [0.05, 0.1) is 11.8 Å². The largest absolute Gasteiger partial charge is 0.393 e. The molecule has 2 aliphatic heterocycles. The summed E-state index contributed by atoms with van der Waals surface area (Å²) in [6.07, 6.45) is 0. The summed E-state index contributed by atoms with van der Waals surface area (Å²) in [6, 6.07) is 10.1. The second-order valence-electron chi connectivity index (χ2n) is 5.84. The lowest BCUT2D eigenvalue weighted by atomic mass is 9.84. The van der Waals surface area contributed by atoms with Crippen molar-refractivity contribution in [3.63, 3.8) is 0 Å². The van der Waals surface area contributed by atoms with Crippen LogP contribution in [0.5, 0.6) is 0 Å². The molecule has 0 aliphatic carbocycles.